The fourth-order valence-corrected chi connectivity index (χ4v) is 2.09. The van der Waals surface area contributed by atoms with Crippen molar-refractivity contribution in [2.75, 3.05) is 6.54 Å². The van der Waals surface area contributed by atoms with Gasteiger partial charge in [-0.25, -0.2) is 0 Å². The van der Waals surface area contributed by atoms with Crippen LogP contribution in [0.15, 0.2) is 12.4 Å². The summed E-state index contributed by atoms with van der Waals surface area (Å²) in [5, 5.41) is 7.11. The lowest BCUT2D eigenvalue weighted by atomic mass is 9.90. The van der Waals surface area contributed by atoms with Crippen molar-refractivity contribution >= 4 is 5.91 Å². The Morgan fingerprint density at radius 3 is 2.72 bits per heavy atom. The van der Waals surface area contributed by atoms with E-state index in [-0.39, 0.29) is 11.4 Å². The Morgan fingerprint density at radius 1 is 1.61 bits per heavy atom. The van der Waals surface area contributed by atoms with E-state index in [0.29, 0.717) is 18.0 Å². The number of amides is 1. The average Bonchev–Trinajstić information content (AvgIpc) is 2.76. The molecule has 102 valence electrons. The Labute approximate surface area is 109 Å². The average molecular weight is 252 g/mol. The van der Waals surface area contributed by atoms with Gasteiger partial charge in [-0.1, -0.05) is 13.8 Å². The third-order valence-electron chi connectivity index (χ3n) is 2.94. The first-order valence-corrected chi connectivity index (χ1v) is 6.45. The number of carbonyl (C=O) groups is 1. The third-order valence-corrected chi connectivity index (χ3v) is 2.94. The van der Waals surface area contributed by atoms with Crippen molar-refractivity contribution in [3.05, 3.63) is 18.0 Å². The predicted molar refractivity (Wildman–Crippen MR) is 72.3 cm³/mol. The number of nitrogens with zero attached hydrogens (tertiary/aromatic N) is 2. The zero-order valence-electron chi connectivity index (χ0n) is 11.7. The van der Waals surface area contributed by atoms with Gasteiger partial charge in [-0.3, -0.25) is 9.48 Å². The van der Waals surface area contributed by atoms with Crippen molar-refractivity contribution in [3.63, 3.8) is 0 Å². The van der Waals surface area contributed by atoms with Gasteiger partial charge in [-0.2, -0.15) is 5.10 Å². The molecule has 0 bridgehead atoms. The SMILES string of the molecule is CCn1cc(C(=O)NC(C)(CN)CC(C)C)cn1. The van der Waals surface area contributed by atoms with Crippen molar-refractivity contribution in [1.29, 1.82) is 0 Å². The first kappa shape index (κ1) is 14.7. The molecule has 0 saturated heterocycles. The Morgan fingerprint density at radius 2 is 2.28 bits per heavy atom. The van der Waals surface area contributed by atoms with E-state index in [9.17, 15) is 4.79 Å². The number of hydrogen-bond acceptors (Lipinski definition) is 3. The Kier molecular flexibility index (Phi) is 4.90. The van der Waals surface area contributed by atoms with Crippen molar-refractivity contribution in [1.82, 2.24) is 15.1 Å². The van der Waals surface area contributed by atoms with Crippen molar-refractivity contribution in [2.45, 2.75) is 46.2 Å². The van der Waals surface area contributed by atoms with Crippen LogP contribution in [-0.2, 0) is 6.54 Å². The summed E-state index contributed by atoms with van der Waals surface area (Å²) >= 11 is 0. The lowest BCUT2D eigenvalue weighted by Crippen LogP contribution is -2.52. The van der Waals surface area contributed by atoms with Gasteiger partial charge in [-0.15, -0.1) is 0 Å². The van der Waals surface area contributed by atoms with E-state index in [0.717, 1.165) is 13.0 Å². The van der Waals surface area contributed by atoms with Gasteiger partial charge in [0.05, 0.1) is 11.8 Å². The van der Waals surface area contributed by atoms with Gasteiger partial charge in [0.2, 0.25) is 0 Å². The zero-order valence-corrected chi connectivity index (χ0v) is 11.7. The van der Waals surface area contributed by atoms with E-state index in [4.69, 9.17) is 5.73 Å². The monoisotopic (exact) mass is 252 g/mol. The summed E-state index contributed by atoms with van der Waals surface area (Å²) in [5.41, 5.74) is 6.00. The molecule has 5 nitrogen and oxygen atoms in total. The molecule has 0 aromatic carbocycles. The highest BCUT2D eigenvalue weighted by atomic mass is 16.1. The smallest absolute Gasteiger partial charge is 0.254 e. The Bertz CT molecular complexity index is 399. The molecule has 1 rings (SSSR count). The maximum absolute atomic E-state index is 12.1. The molecule has 0 saturated carbocycles. The summed E-state index contributed by atoms with van der Waals surface area (Å²) in [6.07, 6.45) is 4.20. The number of hydrogen-bond donors (Lipinski definition) is 2. The first-order valence-electron chi connectivity index (χ1n) is 6.45. The summed E-state index contributed by atoms with van der Waals surface area (Å²) in [6, 6.07) is 0. The van der Waals surface area contributed by atoms with Crippen LogP contribution in [0.1, 0.15) is 44.5 Å². The van der Waals surface area contributed by atoms with E-state index in [2.05, 4.69) is 24.3 Å². The number of nitrogens with one attached hydrogen (secondary N) is 1. The summed E-state index contributed by atoms with van der Waals surface area (Å²) < 4.78 is 1.73. The number of carbonyl (C=O) groups excluding carboxylic acids is 1. The van der Waals surface area contributed by atoms with Gasteiger partial charge in [-0.05, 0) is 26.2 Å². The highest BCUT2D eigenvalue weighted by molar-refractivity contribution is 5.94. The highest BCUT2D eigenvalue weighted by Crippen LogP contribution is 2.16. The quantitative estimate of drug-likeness (QED) is 0.803. The minimum Gasteiger partial charge on any atom is -0.346 e. The van der Waals surface area contributed by atoms with Crippen LogP contribution in [0, 0.1) is 5.92 Å². The minimum absolute atomic E-state index is 0.108. The summed E-state index contributed by atoms with van der Waals surface area (Å²) in [7, 11) is 0. The normalized spacial score (nSPS) is 14.6. The van der Waals surface area contributed by atoms with Crippen molar-refractivity contribution in [3.8, 4) is 0 Å². The van der Waals surface area contributed by atoms with E-state index in [1.165, 1.54) is 0 Å². The first-order chi connectivity index (χ1) is 8.40. The van der Waals surface area contributed by atoms with Crippen LogP contribution in [0.2, 0.25) is 0 Å². The molecule has 1 unspecified atom stereocenters. The lowest BCUT2D eigenvalue weighted by molar-refractivity contribution is 0.0898. The molecule has 1 amide bonds. The van der Waals surface area contributed by atoms with Gasteiger partial charge in [0.15, 0.2) is 0 Å². The molecule has 1 heterocycles. The van der Waals surface area contributed by atoms with Gasteiger partial charge in [0.1, 0.15) is 0 Å². The topological polar surface area (TPSA) is 72.9 Å². The Balaban J connectivity index is 2.72. The second-order valence-electron chi connectivity index (χ2n) is 5.40. The fraction of sp³-hybridized carbons (Fsp3) is 0.692. The Hall–Kier alpha value is -1.36. The molecule has 0 aliphatic heterocycles. The van der Waals surface area contributed by atoms with Gasteiger partial charge >= 0.3 is 0 Å². The van der Waals surface area contributed by atoms with Gasteiger partial charge in [0.25, 0.3) is 5.91 Å². The van der Waals surface area contributed by atoms with Crippen LogP contribution >= 0.6 is 0 Å². The molecule has 0 aliphatic rings. The molecule has 0 fully saturated rings. The summed E-state index contributed by atoms with van der Waals surface area (Å²) in [6.45, 7) is 9.39. The standard InChI is InChI=1S/C13H24N4O/c1-5-17-8-11(7-15-17)12(18)16-13(4,9-14)6-10(2)3/h7-8,10H,5-6,9,14H2,1-4H3,(H,16,18). The van der Waals surface area contributed by atoms with E-state index < -0.39 is 0 Å². The molecule has 1 aromatic heterocycles. The van der Waals surface area contributed by atoms with Crippen molar-refractivity contribution in [2.24, 2.45) is 11.7 Å². The van der Waals surface area contributed by atoms with Gasteiger partial charge < -0.3 is 11.1 Å². The third kappa shape index (κ3) is 3.84. The second-order valence-corrected chi connectivity index (χ2v) is 5.40. The van der Waals surface area contributed by atoms with E-state index in [1.54, 1.807) is 17.1 Å². The molecule has 0 spiro atoms. The molecule has 1 atom stereocenters. The zero-order chi connectivity index (χ0) is 13.8. The van der Waals surface area contributed by atoms with Crippen LogP contribution in [0.4, 0.5) is 0 Å². The van der Waals surface area contributed by atoms with Crippen LogP contribution in [0.25, 0.3) is 0 Å². The number of nitrogens with two attached hydrogens (primary N) is 1. The van der Waals surface area contributed by atoms with Crippen LogP contribution in [0.3, 0.4) is 0 Å². The molecular formula is C13H24N4O. The number of aromatic nitrogens is 2. The molecule has 0 aliphatic carbocycles. The molecule has 0 radical (unpaired) electrons. The number of aryl methyl sites for hydroxylation is 1. The fourth-order valence-electron chi connectivity index (χ4n) is 2.09. The lowest BCUT2D eigenvalue weighted by Gasteiger charge is -2.31. The molecule has 3 N–H and O–H groups in total. The van der Waals surface area contributed by atoms with Gasteiger partial charge in [0, 0.05) is 24.8 Å². The maximum atomic E-state index is 12.1. The number of rotatable bonds is 6. The van der Waals surface area contributed by atoms with Crippen LogP contribution < -0.4 is 11.1 Å². The minimum atomic E-state index is -0.362. The summed E-state index contributed by atoms with van der Waals surface area (Å²) in [4.78, 5) is 12.1. The highest BCUT2D eigenvalue weighted by Gasteiger charge is 2.26. The largest absolute Gasteiger partial charge is 0.346 e. The molecule has 5 heteroatoms. The van der Waals surface area contributed by atoms with E-state index in [1.807, 2.05) is 13.8 Å². The molecular weight excluding hydrogens is 228 g/mol. The second kappa shape index (κ2) is 6.00. The predicted octanol–water partition coefficient (Wildman–Crippen LogP) is 1.40. The maximum Gasteiger partial charge on any atom is 0.254 e. The molecule has 1 aromatic rings. The van der Waals surface area contributed by atoms with E-state index >= 15 is 0 Å². The van der Waals surface area contributed by atoms with Crippen LogP contribution in [0.5, 0.6) is 0 Å². The summed E-state index contributed by atoms with van der Waals surface area (Å²) in [5.74, 6) is 0.375. The van der Waals surface area contributed by atoms with Crippen LogP contribution in [-0.4, -0.2) is 27.8 Å². The van der Waals surface area contributed by atoms with Crippen molar-refractivity contribution < 1.29 is 4.79 Å². The molecule has 18 heavy (non-hydrogen) atoms.